The van der Waals surface area contributed by atoms with E-state index in [0.29, 0.717) is 0 Å². The molecular weight excluding hydrogens is 276 g/mol. The molecule has 4 aromatic rings. The number of hydrogen-bond donors (Lipinski definition) is 2. The fourth-order valence-corrected chi connectivity index (χ4v) is 2.58. The second-order valence-electron chi connectivity index (χ2n) is 5.00. The maximum atomic E-state index is 11.3. The first-order chi connectivity index (χ1) is 10.8. The molecule has 0 spiro atoms. The Bertz CT molecular complexity index is 1000. The fraction of sp³-hybridized carbons (Fsp3) is 0. The fourth-order valence-electron chi connectivity index (χ4n) is 2.58. The number of hydrogen-bond acceptors (Lipinski definition) is 3. The highest BCUT2D eigenvalue weighted by atomic mass is 16.1. The number of aromatic nitrogens is 4. The van der Waals surface area contributed by atoms with Gasteiger partial charge < -0.3 is 0 Å². The van der Waals surface area contributed by atoms with Gasteiger partial charge in [0.1, 0.15) is 0 Å². The molecule has 2 N–H and O–H groups in total. The Balaban J connectivity index is 1.97. The number of H-pyrrole nitrogens is 2. The van der Waals surface area contributed by atoms with E-state index in [0.717, 1.165) is 33.3 Å². The standard InChI is InChI=1S/C17H12N4O/c22-17-10-16(20-21-17)12-1-2-15-14(9-12)13(5-8-19-15)11-3-6-18-7-4-11/h1-10H,(H2,20,21,22). The monoisotopic (exact) mass is 288 g/mol. The highest BCUT2D eigenvalue weighted by molar-refractivity contribution is 5.96. The van der Waals surface area contributed by atoms with E-state index >= 15 is 0 Å². The van der Waals surface area contributed by atoms with Crippen LogP contribution in [0.25, 0.3) is 33.3 Å². The quantitative estimate of drug-likeness (QED) is 0.595. The number of nitrogens with zero attached hydrogens (tertiary/aromatic N) is 2. The maximum Gasteiger partial charge on any atom is 0.264 e. The van der Waals surface area contributed by atoms with Gasteiger partial charge in [0.25, 0.3) is 5.56 Å². The lowest BCUT2D eigenvalue weighted by Crippen LogP contribution is -1.93. The van der Waals surface area contributed by atoms with Crippen molar-refractivity contribution >= 4 is 10.9 Å². The van der Waals surface area contributed by atoms with Crippen LogP contribution in [0.5, 0.6) is 0 Å². The molecule has 106 valence electrons. The van der Waals surface area contributed by atoms with Crippen LogP contribution in [0.2, 0.25) is 0 Å². The van der Waals surface area contributed by atoms with E-state index in [-0.39, 0.29) is 5.56 Å². The van der Waals surface area contributed by atoms with E-state index in [1.165, 1.54) is 0 Å². The van der Waals surface area contributed by atoms with Gasteiger partial charge in [-0.2, -0.15) is 0 Å². The second-order valence-corrected chi connectivity index (χ2v) is 5.00. The largest absolute Gasteiger partial charge is 0.298 e. The van der Waals surface area contributed by atoms with Gasteiger partial charge in [0.15, 0.2) is 0 Å². The molecule has 3 heterocycles. The molecule has 0 aliphatic rings. The molecule has 22 heavy (non-hydrogen) atoms. The molecule has 0 bridgehead atoms. The highest BCUT2D eigenvalue weighted by Crippen LogP contribution is 2.29. The molecule has 0 amide bonds. The minimum absolute atomic E-state index is 0.143. The third-order valence-electron chi connectivity index (χ3n) is 3.64. The summed E-state index contributed by atoms with van der Waals surface area (Å²) in [7, 11) is 0. The molecule has 0 aliphatic carbocycles. The van der Waals surface area contributed by atoms with Gasteiger partial charge in [0.2, 0.25) is 0 Å². The van der Waals surface area contributed by atoms with Crippen LogP contribution >= 0.6 is 0 Å². The summed E-state index contributed by atoms with van der Waals surface area (Å²) in [6, 6.07) is 13.4. The zero-order valence-electron chi connectivity index (χ0n) is 11.6. The van der Waals surface area contributed by atoms with Crippen LogP contribution < -0.4 is 5.56 Å². The maximum absolute atomic E-state index is 11.3. The first kappa shape index (κ1) is 12.5. The smallest absolute Gasteiger partial charge is 0.264 e. The van der Waals surface area contributed by atoms with Crippen molar-refractivity contribution in [3.05, 3.63) is 71.4 Å². The van der Waals surface area contributed by atoms with Crippen molar-refractivity contribution in [3.8, 4) is 22.4 Å². The van der Waals surface area contributed by atoms with E-state index in [1.807, 2.05) is 36.4 Å². The average molecular weight is 288 g/mol. The van der Waals surface area contributed by atoms with Gasteiger partial charge in [-0.15, -0.1) is 0 Å². The van der Waals surface area contributed by atoms with Crippen molar-refractivity contribution in [2.45, 2.75) is 0 Å². The van der Waals surface area contributed by atoms with Crippen molar-refractivity contribution in [1.29, 1.82) is 0 Å². The third kappa shape index (κ3) is 2.09. The van der Waals surface area contributed by atoms with E-state index in [4.69, 9.17) is 0 Å². The van der Waals surface area contributed by atoms with Gasteiger partial charge in [-0.1, -0.05) is 6.07 Å². The van der Waals surface area contributed by atoms with E-state index in [2.05, 4.69) is 20.2 Å². The molecular formula is C17H12N4O. The average Bonchev–Trinajstić information content (AvgIpc) is 3.01. The summed E-state index contributed by atoms with van der Waals surface area (Å²) >= 11 is 0. The molecule has 1 aromatic carbocycles. The topological polar surface area (TPSA) is 74.4 Å². The van der Waals surface area contributed by atoms with Crippen LogP contribution in [0.15, 0.2) is 65.8 Å². The van der Waals surface area contributed by atoms with Crippen molar-refractivity contribution < 1.29 is 0 Å². The van der Waals surface area contributed by atoms with Gasteiger partial charge in [-0.05, 0) is 41.5 Å². The Kier molecular flexibility index (Phi) is 2.83. The zero-order chi connectivity index (χ0) is 14.9. The summed E-state index contributed by atoms with van der Waals surface area (Å²) < 4.78 is 0. The molecule has 4 rings (SSSR count). The molecule has 0 saturated carbocycles. The van der Waals surface area contributed by atoms with Crippen LogP contribution in [0.1, 0.15) is 0 Å². The van der Waals surface area contributed by atoms with Gasteiger partial charge in [0.05, 0.1) is 11.2 Å². The first-order valence-electron chi connectivity index (χ1n) is 6.88. The number of benzene rings is 1. The Hall–Kier alpha value is -3.21. The lowest BCUT2D eigenvalue weighted by Gasteiger charge is -2.07. The third-order valence-corrected chi connectivity index (χ3v) is 3.64. The van der Waals surface area contributed by atoms with Crippen LogP contribution in [-0.2, 0) is 0 Å². The summed E-state index contributed by atoms with van der Waals surface area (Å²) in [4.78, 5) is 19.8. The molecule has 0 aliphatic heterocycles. The number of aromatic amines is 2. The molecule has 5 nitrogen and oxygen atoms in total. The van der Waals surface area contributed by atoms with Crippen LogP contribution in [0.4, 0.5) is 0 Å². The molecule has 0 radical (unpaired) electrons. The van der Waals surface area contributed by atoms with Gasteiger partial charge in [0, 0.05) is 35.6 Å². The van der Waals surface area contributed by atoms with Crippen molar-refractivity contribution in [1.82, 2.24) is 20.2 Å². The van der Waals surface area contributed by atoms with Gasteiger partial charge in [-0.3, -0.25) is 25.0 Å². The number of nitrogens with one attached hydrogen (secondary N) is 2. The van der Waals surface area contributed by atoms with Crippen LogP contribution in [0, 0.1) is 0 Å². The first-order valence-corrected chi connectivity index (χ1v) is 6.88. The molecule has 0 saturated heterocycles. The van der Waals surface area contributed by atoms with E-state index < -0.39 is 0 Å². The predicted octanol–water partition coefficient (Wildman–Crippen LogP) is 2.98. The van der Waals surface area contributed by atoms with Gasteiger partial charge >= 0.3 is 0 Å². The number of rotatable bonds is 2. The summed E-state index contributed by atoms with van der Waals surface area (Å²) in [6.07, 6.45) is 5.35. The van der Waals surface area contributed by atoms with Crippen LogP contribution in [-0.4, -0.2) is 20.2 Å². The van der Waals surface area contributed by atoms with Crippen molar-refractivity contribution in [3.63, 3.8) is 0 Å². The summed E-state index contributed by atoms with van der Waals surface area (Å²) in [6.45, 7) is 0. The van der Waals surface area contributed by atoms with Crippen LogP contribution in [0.3, 0.4) is 0 Å². The van der Waals surface area contributed by atoms with Crippen molar-refractivity contribution in [2.75, 3.05) is 0 Å². The second kappa shape index (κ2) is 4.96. The molecule has 0 atom stereocenters. The SMILES string of the molecule is O=c1cc(-c2ccc3nccc(-c4ccncc4)c3c2)[nH][nH]1. The Morgan fingerprint density at radius 1 is 0.818 bits per heavy atom. The molecule has 5 heteroatoms. The lowest BCUT2D eigenvalue weighted by atomic mass is 10.00. The normalized spacial score (nSPS) is 10.9. The Morgan fingerprint density at radius 2 is 1.68 bits per heavy atom. The Morgan fingerprint density at radius 3 is 2.45 bits per heavy atom. The summed E-state index contributed by atoms with van der Waals surface area (Å²) in [5, 5.41) is 6.47. The molecule has 0 fully saturated rings. The van der Waals surface area contributed by atoms with E-state index in [1.54, 1.807) is 24.7 Å². The summed E-state index contributed by atoms with van der Waals surface area (Å²) in [5.74, 6) is 0. The predicted molar refractivity (Wildman–Crippen MR) is 85.4 cm³/mol. The van der Waals surface area contributed by atoms with Gasteiger partial charge in [-0.25, -0.2) is 0 Å². The van der Waals surface area contributed by atoms with E-state index in [9.17, 15) is 4.79 Å². The molecule has 0 unspecified atom stereocenters. The minimum Gasteiger partial charge on any atom is -0.298 e. The zero-order valence-corrected chi connectivity index (χ0v) is 11.6. The van der Waals surface area contributed by atoms with Crippen molar-refractivity contribution in [2.24, 2.45) is 0 Å². The minimum atomic E-state index is -0.143. The summed E-state index contributed by atoms with van der Waals surface area (Å²) in [5.41, 5.74) is 4.64. The highest BCUT2D eigenvalue weighted by Gasteiger charge is 2.07. The number of fused-ring (bicyclic) bond motifs is 1. The number of pyridine rings is 2. The molecule has 3 aromatic heterocycles. The lowest BCUT2D eigenvalue weighted by molar-refractivity contribution is 1.06. The Labute approximate surface area is 125 Å².